The van der Waals surface area contributed by atoms with E-state index in [-0.39, 0.29) is 0 Å². The van der Waals surface area contributed by atoms with E-state index < -0.39 is 0 Å². The van der Waals surface area contributed by atoms with Gasteiger partial charge < -0.3 is 14.8 Å². The Morgan fingerprint density at radius 1 is 1.20 bits per heavy atom. The number of hydrogen-bond acceptors (Lipinski definition) is 3. The third-order valence-electron chi connectivity index (χ3n) is 4.77. The molecule has 20 heavy (non-hydrogen) atoms. The van der Waals surface area contributed by atoms with Gasteiger partial charge in [0.25, 0.3) is 0 Å². The van der Waals surface area contributed by atoms with E-state index in [0.717, 1.165) is 11.5 Å². The van der Waals surface area contributed by atoms with Crippen LogP contribution in [0.3, 0.4) is 0 Å². The smallest absolute Gasteiger partial charge is 0.161 e. The van der Waals surface area contributed by atoms with Crippen LogP contribution in [-0.2, 0) is 0 Å². The van der Waals surface area contributed by atoms with Crippen LogP contribution in [0.15, 0.2) is 18.2 Å². The molecule has 3 nitrogen and oxygen atoms in total. The van der Waals surface area contributed by atoms with Gasteiger partial charge in [0.1, 0.15) is 13.2 Å². The molecule has 0 radical (unpaired) electrons. The van der Waals surface area contributed by atoms with E-state index in [0.29, 0.717) is 30.7 Å². The molecule has 1 aliphatic carbocycles. The Hall–Kier alpha value is -1.22. The minimum Gasteiger partial charge on any atom is -0.486 e. The molecule has 0 saturated heterocycles. The molecule has 0 bridgehead atoms. The predicted octanol–water partition coefficient (Wildman–Crippen LogP) is 3.69. The molecule has 1 N–H and O–H groups in total. The van der Waals surface area contributed by atoms with Crippen LogP contribution in [0.2, 0.25) is 0 Å². The van der Waals surface area contributed by atoms with Crippen molar-refractivity contribution in [3.63, 3.8) is 0 Å². The first-order chi connectivity index (χ1) is 9.56. The normalized spacial score (nSPS) is 25.4. The van der Waals surface area contributed by atoms with Gasteiger partial charge in [-0.1, -0.05) is 26.3 Å². The summed E-state index contributed by atoms with van der Waals surface area (Å²) in [7, 11) is 0. The summed E-state index contributed by atoms with van der Waals surface area (Å²) in [4.78, 5) is 0. The van der Waals surface area contributed by atoms with Gasteiger partial charge in [-0.25, -0.2) is 0 Å². The molecule has 1 aromatic carbocycles. The van der Waals surface area contributed by atoms with Gasteiger partial charge >= 0.3 is 0 Å². The van der Waals surface area contributed by atoms with Crippen LogP contribution in [0, 0.1) is 5.41 Å². The third kappa shape index (κ3) is 2.64. The largest absolute Gasteiger partial charge is 0.486 e. The monoisotopic (exact) mass is 275 g/mol. The number of hydrogen-bond donors (Lipinski definition) is 1. The van der Waals surface area contributed by atoms with Gasteiger partial charge in [-0.2, -0.15) is 0 Å². The van der Waals surface area contributed by atoms with E-state index >= 15 is 0 Å². The average Bonchev–Trinajstić information content (AvgIpc) is 2.77. The summed E-state index contributed by atoms with van der Waals surface area (Å²) in [6.45, 7) is 8.27. The molecule has 2 unspecified atom stereocenters. The molecule has 0 aromatic heterocycles. The maximum absolute atomic E-state index is 5.67. The summed E-state index contributed by atoms with van der Waals surface area (Å²) in [6.07, 6.45) is 3.93. The van der Waals surface area contributed by atoms with Crippen molar-refractivity contribution >= 4 is 0 Å². The van der Waals surface area contributed by atoms with E-state index in [4.69, 9.17) is 9.47 Å². The third-order valence-corrected chi connectivity index (χ3v) is 4.77. The Labute approximate surface area is 121 Å². The van der Waals surface area contributed by atoms with Crippen molar-refractivity contribution in [1.29, 1.82) is 0 Å². The molecule has 3 heteroatoms. The topological polar surface area (TPSA) is 30.5 Å². The van der Waals surface area contributed by atoms with Crippen LogP contribution in [0.5, 0.6) is 11.5 Å². The van der Waals surface area contributed by atoms with Crippen molar-refractivity contribution in [1.82, 2.24) is 5.32 Å². The molecule has 1 aromatic rings. The highest BCUT2D eigenvalue weighted by atomic mass is 16.6. The zero-order chi connectivity index (χ0) is 14.2. The first-order valence-electron chi connectivity index (χ1n) is 7.72. The number of ether oxygens (including phenoxy) is 2. The molecule has 1 saturated carbocycles. The minimum atomic E-state index is 0.341. The lowest BCUT2D eigenvalue weighted by atomic mass is 9.86. The lowest BCUT2D eigenvalue weighted by Gasteiger charge is -2.31. The van der Waals surface area contributed by atoms with Crippen molar-refractivity contribution in [3.05, 3.63) is 23.8 Å². The number of fused-ring (bicyclic) bond motifs is 1. The van der Waals surface area contributed by atoms with Crippen LogP contribution < -0.4 is 14.8 Å². The zero-order valence-electron chi connectivity index (χ0n) is 12.7. The quantitative estimate of drug-likeness (QED) is 0.912. The molecular formula is C17H25NO2. The number of benzene rings is 1. The molecular weight excluding hydrogens is 250 g/mol. The lowest BCUT2D eigenvalue weighted by molar-refractivity contribution is 0.171. The van der Waals surface area contributed by atoms with Gasteiger partial charge in [-0.15, -0.1) is 0 Å². The van der Waals surface area contributed by atoms with Gasteiger partial charge in [-0.05, 0) is 42.9 Å². The Morgan fingerprint density at radius 2 is 1.95 bits per heavy atom. The molecule has 2 aliphatic rings. The average molecular weight is 275 g/mol. The van der Waals surface area contributed by atoms with Crippen molar-refractivity contribution in [3.8, 4) is 11.5 Å². The van der Waals surface area contributed by atoms with Crippen LogP contribution in [0.1, 0.15) is 51.6 Å². The fourth-order valence-electron chi connectivity index (χ4n) is 3.36. The molecule has 1 heterocycles. The van der Waals surface area contributed by atoms with Crippen molar-refractivity contribution in [2.75, 3.05) is 13.2 Å². The Kier molecular flexibility index (Phi) is 3.63. The highest BCUT2D eigenvalue weighted by Crippen LogP contribution is 2.39. The number of nitrogens with one attached hydrogen (secondary N) is 1. The summed E-state index contributed by atoms with van der Waals surface area (Å²) in [5.41, 5.74) is 1.68. The van der Waals surface area contributed by atoms with Gasteiger partial charge in [0.2, 0.25) is 0 Å². The fourth-order valence-corrected chi connectivity index (χ4v) is 3.36. The van der Waals surface area contributed by atoms with Crippen LogP contribution in [-0.4, -0.2) is 19.3 Å². The highest BCUT2D eigenvalue weighted by molar-refractivity contribution is 5.44. The molecule has 0 spiro atoms. The maximum atomic E-state index is 5.67. The lowest BCUT2D eigenvalue weighted by Crippen LogP contribution is -2.39. The van der Waals surface area contributed by atoms with Gasteiger partial charge in [0.05, 0.1) is 0 Å². The molecule has 110 valence electrons. The Morgan fingerprint density at radius 3 is 2.65 bits per heavy atom. The van der Waals surface area contributed by atoms with Gasteiger partial charge in [-0.3, -0.25) is 0 Å². The van der Waals surface area contributed by atoms with Gasteiger partial charge in [0, 0.05) is 12.1 Å². The van der Waals surface area contributed by atoms with Crippen LogP contribution >= 0.6 is 0 Å². The second-order valence-corrected chi connectivity index (χ2v) is 6.72. The Balaban J connectivity index is 1.72. The fraction of sp³-hybridized carbons (Fsp3) is 0.647. The van der Waals surface area contributed by atoms with E-state index in [2.05, 4.69) is 38.2 Å². The van der Waals surface area contributed by atoms with E-state index in [9.17, 15) is 0 Å². The molecule has 1 aliphatic heterocycles. The maximum Gasteiger partial charge on any atom is 0.161 e. The van der Waals surface area contributed by atoms with Crippen molar-refractivity contribution in [2.24, 2.45) is 5.41 Å². The van der Waals surface area contributed by atoms with Crippen LogP contribution in [0.25, 0.3) is 0 Å². The summed E-state index contributed by atoms with van der Waals surface area (Å²) < 4.78 is 11.3. The molecule has 3 rings (SSSR count). The first-order valence-corrected chi connectivity index (χ1v) is 7.72. The molecule has 0 amide bonds. The molecule has 1 fully saturated rings. The summed E-state index contributed by atoms with van der Waals surface area (Å²) in [5, 5.41) is 3.80. The summed E-state index contributed by atoms with van der Waals surface area (Å²) in [6, 6.07) is 7.24. The SMILES string of the molecule is CC(NC1CCCC1(C)C)c1ccc2c(c1)OCCO2. The van der Waals surface area contributed by atoms with Crippen LogP contribution in [0.4, 0.5) is 0 Å². The second kappa shape index (κ2) is 5.28. The van der Waals surface area contributed by atoms with Gasteiger partial charge in [0.15, 0.2) is 11.5 Å². The highest BCUT2D eigenvalue weighted by Gasteiger charge is 2.35. The summed E-state index contributed by atoms with van der Waals surface area (Å²) in [5.74, 6) is 1.75. The zero-order valence-corrected chi connectivity index (χ0v) is 12.7. The second-order valence-electron chi connectivity index (χ2n) is 6.72. The minimum absolute atomic E-state index is 0.341. The van der Waals surface area contributed by atoms with E-state index in [1.165, 1.54) is 24.8 Å². The number of rotatable bonds is 3. The van der Waals surface area contributed by atoms with Crippen molar-refractivity contribution < 1.29 is 9.47 Å². The summed E-state index contributed by atoms with van der Waals surface area (Å²) >= 11 is 0. The molecule has 2 atom stereocenters. The Bertz CT molecular complexity index is 484. The standard InChI is InChI=1S/C17H25NO2/c1-12(18-16-5-4-8-17(16,2)3)13-6-7-14-15(11-13)20-10-9-19-14/h6-7,11-12,16,18H,4-5,8-10H2,1-3H3. The van der Waals surface area contributed by atoms with Crippen molar-refractivity contribution in [2.45, 2.75) is 52.1 Å². The van der Waals surface area contributed by atoms with E-state index in [1.54, 1.807) is 0 Å². The van der Waals surface area contributed by atoms with E-state index in [1.807, 2.05) is 6.07 Å². The predicted molar refractivity (Wildman–Crippen MR) is 80.4 cm³/mol. The first kappa shape index (κ1) is 13.7.